The first-order valence-corrected chi connectivity index (χ1v) is 6.40. The highest BCUT2D eigenvalue weighted by Gasteiger charge is 2.17. The van der Waals surface area contributed by atoms with Gasteiger partial charge in [0, 0.05) is 0 Å². The number of benzene rings is 1. The van der Waals surface area contributed by atoms with Crippen molar-refractivity contribution in [3.63, 3.8) is 0 Å². The molecule has 0 aliphatic rings. The fourth-order valence-electron chi connectivity index (χ4n) is 1.55. The second-order valence-corrected chi connectivity index (χ2v) is 5.28. The van der Waals surface area contributed by atoms with E-state index in [1.807, 2.05) is 0 Å². The van der Waals surface area contributed by atoms with Crippen molar-refractivity contribution in [2.24, 2.45) is 0 Å². The van der Waals surface area contributed by atoms with Crippen molar-refractivity contribution in [2.45, 2.75) is 32.8 Å². The fraction of sp³-hybridized carbons (Fsp3) is 0.500. The highest BCUT2D eigenvalue weighted by atomic mass is 16.6. The van der Waals surface area contributed by atoms with Gasteiger partial charge in [-0.3, -0.25) is 14.9 Å². The molecule has 1 aromatic carbocycles. The van der Waals surface area contributed by atoms with Gasteiger partial charge in [0.05, 0.1) is 31.1 Å². The first-order chi connectivity index (χ1) is 9.73. The summed E-state index contributed by atoms with van der Waals surface area (Å²) < 4.78 is 15.3. The van der Waals surface area contributed by atoms with Crippen molar-refractivity contribution in [2.75, 3.05) is 13.7 Å². The molecule has 1 rings (SSSR count). The van der Waals surface area contributed by atoms with Crippen LogP contribution in [0, 0.1) is 10.1 Å². The lowest BCUT2D eigenvalue weighted by Gasteiger charge is -2.19. The molecule has 0 spiro atoms. The van der Waals surface area contributed by atoms with Crippen LogP contribution in [0.3, 0.4) is 0 Å². The van der Waals surface area contributed by atoms with Gasteiger partial charge in [0.15, 0.2) is 5.75 Å². The number of hydrogen-bond acceptors (Lipinski definition) is 6. The van der Waals surface area contributed by atoms with Crippen LogP contribution in [-0.4, -0.2) is 30.2 Å². The smallest absolute Gasteiger partial charge is 0.314 e. The molecule has 0 aromatic heterocycles. The number of carbonyl (C=O) groups excluding carboxylic acids is 1. The van der Waals surface area contributed by atoms with Crippen LogP contribution >= 0.6 is 0 Å². The van der Waals surface area contributed by atoms with Gasteiger partial charge in [0.1, 0.15) is 11.4 Å². The second kappa shape index (κ2) is 6.92. The van der Waals surface area contributed by atoms with Crippen LogP contribution in [-0.2, 0) is 9.53 Å². The summed E-state index contributed by atoms with van der Waals surface area (Å²) >= 11 is 0. The molecular formula is C14H19NO6. The zero-order chi connectivity index (χ0) is 16.0. The maximum absolute atomic E-state index is 11.5. The zero-order valence-electron chi connectivity index (χ0n) is 12.5. The predicted molar refractivity (Wildman–Crippen MR) is 75.6 cm³/mol. The molecule has 7 heteroatoms. The topological polar surface area (TPSA) is 87.9 Å². The lowest BCUT2D eigenvalue weighted by molar-refractivity contribution is -0.385. The normalized spacial score (nSPS) is 10.9. The van der Waals surface area contributed by atoms with Gasteiger partial charge in [0.2, 0.25) is 0 Å². The molecule has 0 unspecified atom stereocenters. The molecule has 0 bridgehead atoms. The van der Waals surface area contributed by atoms with Crippen molar-refractivity contribution in [3.8, 4) is 11.5 Å². The highest BCUT2D eigenvalue weighted by Crippen LogP contribution is 2.30. The van der Waals surface area contributed by atoms with E-state index in [-0.39, 0.29) is 30.4 Å². The number of nitro groups is 1. The average molecular weight is 297 g/mol. The molecule has 0 saturated carbocycles. The second-order valence-electron chi connectivity index (χ2n) is 5.28. The number of rotatable bonds is 6. The third kappa shape index (κ3) is 5.68. The molecule has 0 N–H and O–H groups in total. The molecule has 0 aliphatic heterocycles. The van der Waals surface area contributed by atoms with Gasteiger partial charge in [-0.2, -0.15) is 0 Å². The van der Waals surface area contributed by atoms with Gasteiger partial charge in [-0.25, -0.2) is 0 Å². The van der Waals surface area contributed by atoms with Crippen LogP contribution in [0.25, 0.3) is 0 Å². The molecular weight excluding hydrogens is 278 g/mol. The van der Waals surface area contributed by atoms with E-state index in [9.17, 15) is 14.9 Å². The van der Waals surface area contributed by atoms with Crippen LogP contribution in [0.1, 0.15) is 27.2 Å². The molecule has 0 amide bonds. The number of ether oxygens (including phenoxy) is 3. The number of hydrogen-bond donors (Lipinski definition) is 0. The van der Waals surface area contributed by atoms with Gasteiger partial charge in [-0.05, 0) is 32.9 Å². The highest BCUT2D eigenvalue weighted by molar-refractivity contribution is 5.70. The first-order valence-electron chi connectivity index (χ1n) is 6.40. The van der Waals surface area contributed by atoms with Gasteiger partial charge < -0.3 is 14.2 Å². The molecule has 21 heavy (non-hydrogen) atoms. The number of nitrogens with zero attached hydrogens (tertiary/aromatic N) is 1. The minimum absolute atomic E-state index is 0.0666. The Labute approximate surface area is 123 Å². The Bertz CT molecular complexity index is 521. The third-order valence-electron chi connectivity index (χ3n) is 2.34. The summed E-state index contributed by atoms with van der Waals surface area (Å²) in [5.41, 5.74) is -0.733. The van der Waals surface area contributed by atoms with Gasteiger partial charge in [-0.15, -0.1) is 0 Å². The monoisotopic (exact) mass is 297 g/mol. The van der Waals surface area contributed by atoms with Crippen LogP contribution in [0.5, 0.6) is 11.5 Å². The number of carbonyl (C=O) groups is 1. The van der Waals surface area contributed by atoms with E-state index < -0.39 is 10.5 Å². The molecule has 0 heterocycles. The molecule has 0 radical (unpaired) electrons. The Morgan fingerprint density at radius 3 is 2.52 bits per heavy atom. The van der Waals surface area contributed by atoms with E-state index in [4.69, 9.17) is 14.2 Å². The largest absolute Gasteiger partial charge is 0.493 e. The number of methoxy groups -OCH3 is 1. The Morgan fingerprint density at radius 2 is 2.00 bits per heavy atom. The SMILES string of the molecule is COc1ccc(OCCC(=O)OC(C)(C)C)cc1[N+](=O)[O-]. The summed E-state index contributed by atoms with van der Waals surface area (Å²) in [7, 11) is 1.35. The lowest BCUT2D eigenvalue weighted by atomic mass is 10.2. The lowest BCUT2D eigenvalue weighted by Crippen LogP contribution is -2.24. The third-order valence-corrected chi connectivity index (χ3v) is 2.34. The van der Waals surface area contributed by atoms with Gasteiger partial charge in [-0.1, -0.05) is 0 Å². The van der Waals surface area contributed by atoms with Crippen molar-refractivity contribution in [3.05, 3.63) is 28.3 Å². The average Bonchev–Trinajstić information content (AvgIpc) is 2.36. The maximum atomic E-state index is 11.5. The van der Waals surface area contributed by atoms with E-state index in [0.29, 0.717) is 5.75 Å². The summed E-state index contributed by atoms with van der Waals surface area (Å²) in [5.74, 6) is 0.0658. The molecule has 0 saturated heterocycles. The Morgan fingerprint density at radius 1 is 1.33 bits per heavy atom. The zero-order valence-corrected chi connectivity index (χ0v) is 12.5. The maximum Gasteiger partial charge on any atom is 0.314 e. The van der Waals surface area contributed by atoms with Crippen molar-refractivity contribution < 1.29 is 23.9 Å². The summed E-state index contributed by atoms with van der Waals surface area (Å²) in [5, 5.41) is 10.9. The Balaban J connectivity index is 2.58. The predicted octanol–water partition coefficient (Wildman–Crippen LogP) is 2.71. The van der Waals surface area contributed by atoms with E-state index in [2.05, 4.69) is 0 Å². The molecule has 0 aliphatic carbocycles. The minimum atomic E-state index is -0.556. The Hall–Kier alpha value is -2.31. The first kappa shape index (κ1) is 16.7. The standard InChI is InChI=1S/C14H19NO6/c1-14(2,3)21-13(16)7-8-20-10-5-6-12(19-4)11(9-10)15(17)18/h5-6,9H,7-8H2,1-4H3. The van der Waals surface area contributed by atoms with Crippen LogP contribution < -0.4 is 9.47 Å². The number of nitro benzene ring substituents is 1. The fourth-order valence-corrected chi connectivity index (χ4v) is 1.55. The summed E-state index contributed by atoms with van der Waals surface area (Å²) in [6.07, 6.45) is 0.0666. The molecule has 116 valence electrons. The van der Waals surface area contributed by atoms with Gasteiger partial charge >= 0.3 is 11.7 Å². The van der Waals surface area contributed by atoms with Gasteiger partial charge in [0.25, 0.3) is 0 Å². The quantitative estimate of drug-likeness (QED) is 0.455. The molecule has 0 atom stereocenters. The summed E-state index contributed by atoms with van der Waals surface area (Å²) in [4.78, 5) is 21.8. The summed E-state index contributed by atoms with van der Waals surface area (Å²) in [6.45, 7) is 5.41. The van der Waals surface area contributed by atoms with Crippen LogP contribution in [0.2, 0.25) is 0 Å². The van der Waals surface area contributed by atoms with E-state index in [1.165, 1.54) is 19.2 Å². The minimum Gasteiger partial charge on any atom is -0.493 e. The van der Waals surface area contributed by atoms with Crippen LogP contribution in [0.4, 0.5) is 5.69 Å². The van der Waals surface area contributed by atoms with Crippen molar-refractivity contribution in [1.82, 2.24) is 0 Å². The summed E-state index contributed by atoms with van der Waals surface area (Å²) in [6, 6.07) is 4.25. The van der Waals surface area contributed by atoms with E-state index in [0.717, 1.165) is 0 Å². The number of esters is 1. The Kier molecular flexibility index (Phi) is 5.52. The van der Waals surface area contributed by atoms with Crippen molar-refractivity contribution >= 4 is 11.7 Å². The van der Waals surface area contributed by atoms with Crippen LogP contribution in [0.15, 0.2) is 18.2 Å². The molecule has 0 fully saturated rings. The van der Waals surface area contributed by atoms with E-state index in [1.54, 1.807) is 26.8 Å². The van der Waals surface area contributed by atoms with Crippen molar-refractivity contribution in [1.29, 1.82) is 0 Å². The molecule has 1 aromatic rings. The van der Waals surface area contributed by atoms with E-state index >= 15 is 0 Å². The molecule has 7 nitrogen and oxygen atoms in total.